The van der Waals surface area contributed by atoms with Crippen molar-refractivity contribution >= 4 is 7.85 Å². The molecule has 0 aromatic rings. The van der Waals surface area contributed by atoms with Gasteiger partial charge in [-0.05, 0) is 84.1 Å². The van der Waals surface area contributed by atoms with E-state index in [2.05, 4.69) is 23.6 Å². The van der Waals surface area contributed by atoms with Gasteiger partial charge in [0.05, 0.1) is 7.85 Å². The molecule has 0 amide bonds. The van der Waals surface area contributed by atoms with E-state index in [1.165, 1.54) is 71.2 Å². The molecule has 2 fully saturated rings. The summed E-state index contributed by atoms with van der Waals surface area (Å²) in [5.74, 6) is 0. The zero-order chi connectivity index (χ0) is 13.7. The molecule has 0 aromatic carbocycles. The minimum absolute atomic E-state index is 0.690. The Bertz CT molecular complexity index is 249. The summed E-state index contributed by atoms with van der Waals surface area (Å²) in [5.41, 5.74) is 0.690. The molecule has 0 bridgehead atoms. The fraction of sp³-hybridized carbons (Fsp3) is 1.00. The van der Waals surface area contributed by atoms with Crippen LogP contribution in [-0.2, 0) is 0 Å². The van der Waals surface area contributed by atoms with Gasteiger partial charge >= 0.3 is 0 Å². The lowest BCUT2D eigenvalue weighted by molar-refractivity contribution is 0.0249. The summed E-state index contributed by atoms with van der Waals surface area (Å²) in [6, 6.07) is 0.730. The monoisotopic (exact) mass is 262 g/mol. The Morgan fingerprint density at radius 1 is 0.947 bits per heavy atom. The van der Waals surface area contributed by atoms with E-state index < -0.39 is 0 Å². The van der Waals surface area contributed by atoms with Gasteiger partial charge in [-0.25, -0.2) is 0 Å². The first kappa shape index (κ1) is 15.4. The van der Waals surface area contributed by atoms with Crippen LogP contribution < -0.4 is 0 Å². The second kappa shape index (κ2) is 7.13. The molecule has 0 atom stereocenters. The van der Waals surface area contributed by atoms with E-state index in [1.807, 2.05) is 0 Å². The number of piperidine rings is 2. The number of hydrogen-bond acceptors (Lipinski definition) is 2. The van der Waals surface area contributed by atoms with E-state index in [4.69, 9.17) is 7.85 Å². The van der Waals surface area contributed by atoms with Crippen LogP contribution in [0.1, 0.15) is 52.4 Å². The van der Waals surface area contributed by atoms with Crippen molar-refractivity contribution < 1.29 is 0 Å². The molecule has 2 saturated heterocycles. The highest BCUT2D eigenvalue weighted by molar-refractivity contribution is 6.08. The van der Waals surface area contributed by atoms with E-state index in [1.54, 1.807) is 0 Å². The summed E-state index contributed by atoms with van der Waals surface area (Å²) in [7, 11) is 5.57. The molecule has 2 aliphatic heterocycles. The molecule has 1 spiro atoms. The Kier molecular flexibility index (Phi) is 5.77. The normalized spacial score (nSPS) is 25.2. The maximum Gasteiger partial charge on any atom is 0.0653 e. The molecular formula is C16H31BN2. The number of unbranched alkanes of at least 4 members (excludes halogenated alkanes) is 1. The SMILES string of the molecule is [B]CCCCN1CCC2(CC1)CCN(C(C)C)CC2. The van der Waals surface area contributed by atoms with Gasteiger partial charge < -0.3 is 9.80 Å². The van der Waals surface area contributed by atoms with E-state index in [0.29, 0.717) is 5.41 Å². The van der Waals surface area contributed by atoms with Crippen LogP contribution in [0, 0.1) is 5.41 Å². The van der Waals surface area contributed by atoms with Gasteiger partial charge in [-0.1, -0.05) is 12.7 Å². The van der Waals surface area contributed by atoms with Crippen LogP contribution in [0.5, 0.6) is 0 Å². The van der Waals surface area contributed by atoms with Crippen molar-refractivity contribution in [3.63, 3.8) is 0 Å². The molecule has 0 N–H and O–H groups in total. The largest absolute Gasteiger partial charge is 0.303 e. The molecule has 108 valence electrons. The van der Waals surface area contributed by atoms with E-state index in [0.717, 1.165) is 12.4 Å². The number of rotatable bonds is 5. The van der Waals surface area contributed by atoms with E-state index in [9.17, 15) is 0 Å². The molecule has 0 aliphatic carbocycles. The Morgan fingerprint density at radius 3 is 2.05 bits per heavy atom. The van der Waals surface area contributed by atoms with Crippen LogP contribution >= 0.6 is 0 Å². The van der Waals surface area contributed by atoms with Crippen molar-refractivity contribution in [1.82, 2.24) is 9.80 Å². The van der Waals surface area contributed by atoms with Crippen LogP contribution in [0.25, 0.3) is 0 Å². The lowest BCUT2D eigenvalue weighted by Crippen LogP contribution is -2.48. The number of likely N-dealkylation sites (tertiary alicyclic amines) is 2. The van der Waals surface area contributed by atoms with Crippen molar-refractivity contribution in [3.05, 3.63) is 0 Å². The summed E-state index contributed by atoms with van der Waals surface area (Å²) < 4.78 is 0. The van der Waals surface area contributed by atoms with Crippen LogP contribution in [0.3, 0.4) is 0 Å². The van der Waals surface area contributed by atoms with Gasteiger partial charge in [-0.15, -0.1) is 0 Å². The fourth-order valence-corrected chi connectivity index (χ4v) is 3.75. The summed E-state index contributed by atoms with van der Waals surface area (Å²) in [4.78, 5) is 5.31. The first-order valence-electron chi connectivity index (χ1n) is 8.32. The van der Waals surface area contributed by atoms with Crippen LogP contribution in [0.2, 0.25) is 6.32 Å². The van der Waals surface area contributed by atoms with Gasteiger partial charge in [0, 0.05) is 6.04 Å². The molecule has 2 radical (unpaired) electrons. The molecule has 3 heteroatoms. The summed E-state index contributed by atoms with van der Waals surface area (Å²) >= 11 is 0. The maximum atomic E-state index is 5.57. The molecular weight excluding hydrogens is 231 g/mol. The standard InChI is InChI=1S/C16H31BN2/c1-15(2)19-13-7-16(8-14-19)5-11-18(12-6-16)10-4-3-9-17/h15H,3-14H2,1-2H3. The quantitative estimate of drug-likeness (QED) is 0.555. The second-order valence-electron chi connectivity index (χ2n) is 6.97. The maximum absolute atomic E-state index is 5.57. The van der Waals surface area contributed by atoms with Crippen molar-refractivity contribution in [2.75, 3.05) is 32.7 Å². The molecule has 2 heterocycles. The molecule has 2 rings (SSSR count). The smallest absolute Gasteiger partial charge is 0.0653 e. The lowest BCUT2D eigenvalue weighted by atomic mass is 9.71. The third-order valence-corrected chi connectivity index (χ3v) is 5.43. The van der Waals surface area contributed by atoms with Gasteiger partial charge in [0.2, 0.25) is 0 Å². The molecule has 0 aromatic heterocycles. The second-order valence-corrected chi connectivity index (χ2v) is 6.97. The van der Waals surface area contributed by atoms with Gasteiger partial charge in [-0.2, -0.15) is 0 Å². The highest BCUT2D eigenvalue weighted by Gasteiger charge is 2.37. The van der Waals surface area contributed by atoms with Gasteiger partial charge in [0.15, 0.2) is 0 Å². The minimum atomic E-state index is 0.690. The summed E-state index contributed by atoms with van der Waals surface area (Å²) in [6.07, 6.45) is 9.05. The Hall–Kier alpha value is -0.0151. The lowest BCUT2D eigenvalue weighted by Gasteiger charge is -2.47. The number of nitrogens with zero attached hydrogens (tertiary/aromatic N) is 2. The third-order valence-electron chi connectivity index (χ3n) is 5.43. The predicted octanol–water partition coefficient (Wildman–Crippen LogP) is 2.94. The van der Waals surface area contributed by atoms with Crippen molar-refractivity contribution in [3.8, 4) is 0 Å². The zero-order valence-corrected chi connectivity index (χ0v) is 13.0. The Morgan fingerprint density at radius 2 is 1.53 bits per heavy atom. The van der Waals surface area contributed by atoms with E-state index in [-0.39, 0.29) is 0 Å². The molecule has 0 unspecified atom stereocenters. The average Bonchev–Trinajstić information content (AvgIpc) is 2.42. The topological polar surface area (TPSA) is 6.48 Å². The highest BCUT2D eigenvalue weighted by Crippen LogP contribution is 2.41. The fourth-order valence-electron chi connectivity index (χ4n) is 3.75. The highest BCUT2D eigenvalue weighted by atomic mass is 15.2. The summed E-state index contributed by atoms with van der Waals surface area (Å²) in [6.45, 7) is 11.2. The van der Waals surface area contributed by atoms with Crippen molar-refractivity contribution in [1.29, 1.82) is 0 Å². The van der Waals surface area contributed by atoms with Gasteiger partial charge in [0.25, 0.3) is 0 Å². The first-order chi connectivity index (χ1) is 9.15. The molecule has 0 saturated carbocycles. The average molecular weight is 262 g/mol. The first-order valence-corrected chi connectivity index (χ1v) is 8.32. The van der Waals surface area contributed by atoms with Gasteiger partial charge in [-0.3, -0.25) is 0 Å². The van der Waals surface area contributed by atoms with Crippen molar-refractivity contribution in [2.45, 2.75) is 64.7 Å². The third kappa shape index (κ3) is 4.22. The van der Waals surface area contributed by atoms with Crippen LogP contribution in [-0.4, -0.2) is 56.4 Å². The molecule has 2 nitrogen and oxygen atoms in total. The van der Waals surface area contributed by atoms with Crippen molar-refractivity contribution in [2.24, 2.45) is 5.41 Å². The summed E-state index contributed by atoms with van der Waals surface area (Å²) in [5, 5.41) is 0. The van der Waals surface area contributed by atoms with Gasteiger partial charge in [0.1, 0.15) is 0 Å². The van der Waals surface area contributed by atoms with Crippen LogP contribution in [0.4, 0.5) is 0 Å². The number of hydrogen-bond donors (Lipinski definition) is 0. The predicted molar refractivity (Wildman–Crippen MR) is 83.8 cm³/mol. The Labute approximate surface area is 121 Å². The Balaban J connectivity index is 1.71. The van der Waals surface area contributed by atoms with E-state index >= 15 is 0 Å². The molecule has 19 heavy (non-hydrogen) atoms. The minimum Gasteiger partial charge on any atom is -0.303 e. The zero-order valence-electron chi connectivity index (χ0n) is 13.0. The van der Waals surface area contributed by atoms with Crippen LogP contribution in [0.15, 0.2) is 0 Å². The molecule has 2 aliphatic rings.